The highest BCUT2D eigenvalue weighted by Crippen LogP contribution is 2.32. The van der Waals surface area contributed by atoms with Crippen LogP contribution in [-0.4, -0.2) is 24.1 Å². The zero-order valence-electron chi connectivity index (χ0n) is 18.4. The SMILES string of the molecule is COc1ccc(NC(=O)c2oc3ccccc3c2NC(=O)c2cc(-c3ccc(Cl)cc3)on2)cc1. The van der Waals surface area contributed by atoms with Gasteiger partial charge in [-0.3, -0.25) is 9.59 Å². The number of nitrogens with one attached hydrogen (secondary N) is 2. The van der Waals surface area contributed by atoms with Gasteiger partial charge in [-0.15, -0.1) is 0 Å². The van der Waals surface area contributed by atoms with Crippen molar-refractivity contribution in [2.75, 3.05) is 17.7 Å². The number of halogens is 1. The summed E-state index contributed by atoms with van der Waals surface area (Å²) in [6, 6.07) is 22.3. The predicted molar refractivity (Wildman–Crippen MR) is 132 cm³/mol. The first-order chi connectivity index (χ1) is 17.0. The van der Waals surface area contributed by atoms with E-state index in [4.69, 9.17) is 25.3 Å². The number of fused-ring (bicyclic) bond motifs is 1. The molecular formula is C26H18ClN3O5. The Morgan fingerprint density at radius 1 is 0.914 bits per heavy atom. The van der Waals surface area contributed by atoms with Gasteiger partial charge in [-0.05, 0) is 60.7 Å². The van der Waals surface area contributed by atoms with Crippen LogP contribution >= 0.6 is 11.6 Å². The summed E-state index contributed by atoms with van der Waals surface area (Å²) < 4.78 is 16.3. The Morgan fingerprint density at radius 2 is 1.66 bits per heavy atom. The Hall–Kier alpha value is -4.56. The summed E-state index contributed by atoms with van der Waals surface area (Å²) in [4.78, 5) is 26.1. The lowest BCUT2D eigenvalue weighted by atomic mass is 10.1. The average Bonchev–Trinajstić information content (AvgIpc) is 3.51. The van der Waals surface area contributed by atoms with E-state index in [1.54, 1.807) is 79.9 Å². The number of carbonyl (C=O) groups is 2. The maximum Gasteiger partial charge on any atom is 0.293 e. The third-order valence-electron chi connectivity index (χ3n) is 5.26. The van der Waals surface area contributed by atoms with E-state index < -0.39 is 11.8 Å². The van der Waals surface area contributed by atoms with E-state index >= 15 is 0 Å². The van der Waals surface area contributed by atoms with Crippen molar-refractivity contribution in [2.45, 2.75) is 0 Å². The first-order valence-electron chi connectivity index (χ1n) is 10.5. The monoisotopic (exact) mass is 487 g/mol. The minimum Gasteiger partial charge on any atom is -0.497 e. The molecule has 5 aromatic rings. The number of anilines is 2. The Bertz CT molecular complexity index is 1520. The fourth-order valence-electron chi connectivity index (χ4n) is 3.50. The van der Waals surface area contributed by atoms with Crippen LogP contribution in [-0.2, 0) is 0 Å². The second-order valence-corrected chi connectivity index (χ2v) is 7.96. The van der Waals surface area contributed by atoms with E-state index in [1.807, 2.05) is 0 Å². The lowest BCUT2D eigenvalue weighted by Gasteiger charge is -2.07. The molecule has 0 aliphatic carbocycles. The van der Waals surface area contributed by atoms with Crippen molar-refractivity contribution in [1.82, 2.24) is 5.16 Å². The number of aromatic nitrogens is 1. The van der Waals surface area contributed by atoms with Crippen molar-refractivity contribution in [3.05, 3.63) is 95.3 Å². The van der Waals surface area contributed by atoms with Gasteiger partial charge in [0, 0.05) is 27.7 Å². The standard InChI is InChI=1S/C26H18ClN3O5/c1-33-18-12-10-17(11-13-18)28-26(32)24-23(19-4-2-3-5-21(19)34-24)29-25(31)20-14-22(35-30-20)15-6-8-16(27)9-7-15/h2-14H,1H3,(H,28,32)(H,29,31). The minimum absolute atomic E-state index is 0.0433. The average molecular weight is 488 g/mol. The molecule has 0 saturated carbocycles. The van der Waals surface area contributed by atoms with Gasteiger partial charge in [-0.2, -0.15) is 0 Å². The first-order valence-corrected chi connectivity index (χ1v) is 10.9. The molecule has 2 heterocycles. The number of furan rings is 1. The lowest BCUT2D eigenvalue weighted by Crippen LogP contribution is -2.17. The number of rotatable bonds is 6. The summed E-state index contributed by atoms with van der Waals surface area (Å²) in [5.74, 6) is -0.0638. The molecule has 0 radical (unpaired) electrons. The van der Waals surface area contributed by atoms with Gasteiger partial charge in [0.05, 0.1) is 7.11 Å². The summed E-state index contributed by atoms with van der Waals surface area (Å²) in [5, 5.41) is 10.5. The number of carbonyl (C=O) groups excluding carboxylic acids is 2. The summed E-state index contributed by atoms with van der Waals surface area (Å²) in [5.41, 5.74) is 1.98. The Kier molecular flexibility index (Phi) is 5.95. The third-order valence-corrected chi connectivity index (χ3v) is 5.51. The molecule has 0 fully saturated rings. The Balaban J connectivity index is 1.42. The molecule has 0 aliphatic rings. The highest BCUT2D eigenvalue weighted by Gasteiger charge is 2.24. The second-order valence-electron chi connectivity index (χ2n) is 7.52. The maximum atomic E-state index is 13.1. The van der Waals surface area contributed by atoms with Crippen molar-refractivity contribution < 1.29 is 23.3 Å². The second kappa shape index (κ2) is 9.36. The molecule has 0 spiro atoms. The number of amides is 2. The Labute approximate surface area is 204 Å². The molecule has 0 aliphatic heterocycles. The van der Waals surface area contributed by atoms with Crippen molar-refractivity contribution >= 4 is 45.8 Å². The lowest BCUT2D eigenvalue weighted by molar-refractivity contribution is 0.0999. The van der Waals surface area contributed by atoms with E-state index in [1.165, 1.54) is 6.07 Å². The highest BCUT2D eigenvalue weighted by molar-refractivity contribution is 6.30. The van der Waals surface area contributed by atoms with Crippen LogP contribution < -0.4 is 15.4 Å². The van der Waals surface area contributed by atoms with Crippen molar-refractivity contribution in [3.63, 3.8) is 0 Å². The van der Waals surface area contributed by atoms with Crippen LogP contribution in [0.15, 0.2) is 87.8 Å². The van der Waals surface area contributed by atoms with Crippen LogP contribution in [0.25, 0.3) is 22.3 Å². The van der Waals surface area contributed by atoms with E-state index in [2.05, 4.69) is 15.8 Å². The summed E-state index contributed by atoms with van der Waals surface area (Å²) >= 11 is 5.93. The molecule has 8 nitrogen and oxygen atoms in total. The zero-order chi connectivity index (χ0) is 24.4. The molecule has 2 N–H and O–H groups in total. The molecule has 0 atom stereocenters. The number of nitrogens with zero attached hydrogens (tertiary/aromatic N) is 1. The van der Waals surface area contributed by atoms with E-state index in [0.717, 1.165) is 0 Å². The topological polar surface area (TPSA) is 107 Å². The van der Waals surface area contributed by atoms with Crippen LogP contribution in [0.2, 0.25) is 5.02 Å². The van der Waals surface area contributed by atoms with Gasteiger partial charge in [0.2, 0.25) is 5.76 Å². The smallest absolute Gasteiger partial charge is 0.293 e. The van der Waals surface area contributed by atoms with Crippen LogP contribution in [0, 0.1) is 0 Å². The van der Waals surface area contributed by atoms with E-state index in [-0.39, 0.29) is 17.1 Å². The van der Waals surface area contributed by atoms with Gasteiger partial charge < -0.3 is 24.3 Å². The van der Waals surface area contributed by atoms with Crippen LogP contribution in [0.3, 0.4) is 0 Å². The number of benzene rings is 3. The summed E-state index contributed by atoms with van der Waals surface area (Å²) in [7, 11) is 1.56. The highest BCUT2D eigenvalue weighted by atomic mass is 35.5. The molecule has 9 heteroatoms. The van der Waals surface area contributed by atoms with Gasteiger partial charge in [0.15, 0.2) is 11.5 Å². The number of hydrogen-bond donors (Lipinski definition) is 2. The van der Waals surface area contributed by atoms with Gasteiger partial charge in [0.25, 0.3) is 11.8 Å². The minimum atomic E-state index is -0.556. The fraction of sp³-hybridized carbons (Fsp3) is 0.0385. The van der Waals surface area contributed by atoms with Crippen molar-refractivity contribution in [1.29, 1.82) is 0 Å². The van der Waals surface area contributed by atoms with Gasteiger partial charge in [-0.25, -0.2) is 0 Å². The summed E-state index contributed by atoms with van der Waals surface area (Å²) in [6.07, 6.45) is 0. The molecule has 2 amide bonds. The van der Waals surface area contributed by atoms with Gasteiger partial charge in [-0.1, -0.05) is 28.9 Å². The zero-order valence-corrected chi connectivity index (χ0v) is 19.1. The number of ether oxygens (including phenoxy) is 1. The fourth-order valence-corrected chi connectivity index (χ4v) is 3.63. The van der Waals surface area contributed by atoms with Gasteiger partial charge >= 0.3 is 0 Å². The van der Waals surface area contributed by atoms with E-state index in [0.29, 0.717) is 38.8 Å². The molecule has 0 bridgehead atoms. The first kappa shape index (κ1) is 22.2. The molecular weight excluding hydrogens is 470 g/mol. The Morgan fingerprint density at radius 3 is 2.40 bits per heavy atom. The van der Waals surface area contributed by atoms with Gasteiger partial charge in [0.1, 0.15) is 17.0 Å². The number of para-hydroxylation sites is 1. The largest absolute Gasteiger partial charge is 0.497 e. The van der Waals surface area contributed by atoms with Crippen LogP contribution in [0.5, 0.6) is 5.75 Å². The number of methoxy groups -OCH3 is 1. The molecule has 3 aromatic carbocycles. The molecule has 174 valence electrons. The van der Waals surface area contributed by atoms with Crippen LogP contribution in [0.1, 0.15) is 21.0 Å². The molecule has 0 saturated heterocycles. The predicted octanol–water partition coefficient (Wildman–Crippen LogP) is 6.25. The number of hydrogen-bond acceptors (Lipinski definition) is 6. The molecule has 35 heavy (non-hydrogen) atoms. The third kappa shape index (κ3) is 4.60. The quantitative estimate of drug-likeness (QED) is 0.293. The van der Waals surface area contributed by atoms with Crippen molar-refractivity contribution in [3.8, 4) is 17.1 Å². The maximum absolute atomic E-state index is 13.1. The molecule has 5 rings (SSSR count). The van der Waals surface area contributed by atoms with Crippen molar-refractivity contribution in [2.24, 2.45) is 0 Å². The molecule has 2 aromatic heterocycles. The van der Waals surface area contributed by atoms with Crippen LogP contribution in [0.4, 0.5) is 11.4 Å². The normalized spacial score (nSPS) is 10.8. The molecule has 0 unspecified atom stereocenters. The summed E-state index contributed by atoms with van der Waals surface area (Å²) in [6.45, 7) is 0. The van der Waals surface area contributed by atoms with E-state index in [9.17, 15) is 9.59 Å².